The molecule has 0 aliphatic heterocycles. The van der Waals surface area contributed by atoms with Crippen LogP contribution in [0.1, 0.15) is 25.8 Å². The molecule has 0 spiro atoms. The summed E-state index contributed by atoms with van der Waals surface area (Å²) in [4.78, 5) is 12.9. The van der Waals surface area contributed by atoms with Crippen molar-refractivity contribution >= 4 is 17.7 Å². The number of rotatable bonds is 7. The van der Waals surface area contributed by atoms with Gasteiger partial charge >= 0.3 is 0 Å². The summed E-state index contributed by atoms with van der Waals surface area (Å²) in [6, 6.07) is 8.06. The van der Waals surface area contributed by atoms with Gasteiger partial charge in [-0.15, -0.1) is 11.8 Å². The molecule has 0 fully saturated rings. The smallest absolute Gasteiger partial charge is 0.230 e. The molecular formula is C15H23NO2S. The summed E-state index contributed by atoms with van der Waals surface area (Å²) < 4.78 is 0. The molecule has 2 N–H and O–H groups in total. The topological polar surface area (TPSA) is 49.3 Å². The first kappa shape index (κ1) is 16.1. The number of carbonyl (C=O) groups is 1. The third-order valence-electron chi connectivity index (χ3n) is 3.01. The standard InChI is InChI=1S/C15H23NO2S/c1-12-6-4-5-7-13(12)19-10-14(18)16-11-15(2,3)8-9-17/h4-7,17H,8-11H2,1-3H3,(H,16,18). The minimum Gasteiger partial charge on any atom is -0.396 e. The predicted molar refractivity (Wildman–Crippen MR) is 80.4 cm³/mol. The molecule has 0 aromatic heterocycles. The van der Waals surface area contributed by atoms with Crippen molar-refractivity contribution in [1.29, 1.82) is 0 Å². The molecule has 0 heterocycles. The van der Waals surface area contributed by atoms with E-state index in [9.17, 15) is 4.79 Å². The van der Waals surface area contributed by atoms with Crippen LogP contribution < -0.4 is 5.32 Å². The van der Waals surface area contributed by atoms with Gasteiger partial charge in [-0.1, -0.05) is 32.0 Å². The van der Waals surface area contributed by atoms with Crippen LogP contribution in [0, 0.1) is 12.3 Å². The average molecular weight is 281 g/mol. The second-order valence-electron chi connectivity index (χ2n) is 5.47. The summed E-state index contributed by atoms with van der Waals surface area (Å²) in [5.41, 5.74) is 1.14. The minimum absolute atomic E-state index is 0.0410. The van der Waals surface area contributed by atoms with Gasteiger partial charge in [-0.2, -0.15) is 0 Å². The molecule has 19 heavy (non-hydrogen) atoms. The minimum atomic E-state index is -0.0578. The van der Waals surface area contributed by atoms with E-state index in [1.165, 1.54) is 5.56 Å². The van der Waals surface area contributed by atoms with Crippen molar-refractivity contribution in [1.82, 2.24) is 5.32 Å². The summed E-state index contributed by atoms with van der Waals surface area (Å²) in [7, 11) is 0. The van der Waals surface area contributed by atoms with Crippen LogP contribution in [0.15, 0.2) is 29.2 Å². The van der Waals surface area contributed by atoms with Crippen LogP contribution in [0.5, 0.6) is 0 Å². The Morgan fingerprint density at radius 3 is 2.68 bits per heavy atom. The van der Waals surface area contributed by atoms with E-state index >= 15 is 0 Å². The van der Waals surface area contributed by atoms with Gasteiger partial charge < -0.3 is 10.4 Å². The maximum absolute atomic E-state index is 11.8. The highest BCUT2D eigenvalue weighted by molar-refractivity contribution is 8.00. The zero-order valence-corrected chi connectivity index (χ0v) is 12.7. The zero-order valence-electron chi connectivity index (χ0n) is 11.9. The fourth-order valence-electron chi connectivity index (χ4n) is 1.64. The van der Waals surface area contributed by atoms with E-state index < -0.39 is 0 Å². The van der Waals surface area contributed by atoms with Crippen molar-refractivity contribution < 1.29 is 9.90 Å². The number of hydrogen-bond donors (Lipinski definition) is 2. The summed E-state index contributed by atoms with van der Waals surface area (Å²) in [6.07, 6.45) is 0.693. The van der Waals surface area contributed by atoms with Crippen molar-refractivity contribution in [3.05, 3.63) is 29.8 Å². The highest BCUT2D eigenvalue weighted by atomic mass is 32.2. The van der Waals surface area contributed by atoms with Crippen LogP contribution in [-0.2, 0) is 4.79 Å². The number of carbonyl (C=O) groups excluding carboxylic acids is 1. The van der Waals surface area contributed by atoms with Crippen molar-refractivity contribution in [3.63, 3.8) is 0 Å². The number of aryl methyl sites for hydroxylation is 1. The van der Waals surface area contributed by atoms with Crippen molar-refractivity contribution in [2.75, 3.05) is 18.9 Å². The van der Waals surface area contributed by atoms with Gasteiger partial charge in [-0.3, -0.25) is 4.79 Å². The van der Waals surface area contributed by atoms with Gasteiger partial charge in [-0.25, -0.2) is 0 Å². The lowest BCUT2D eigenvalue weighted by atomic mass is 9.90. The molecule has 1 aromatic carbocycles. The van der Waals surface area contributed by atoms with Gasteiger partial charge in [0.25, 0.3) is 0 Å². The van der Waals surface area contributed by atoms with Gasteiger partial charge in [-0.05, 0) is 30.4 Å². The summed E-state index contributed by atoms with van der Waals surface area (Å²) in [6.45, 7) is 6.88. The average Bonchev–Trinajstić information content (AvgIpc) is 2.35. The Morgan fingerprint density at radius 1 is 1.37 bits per heavy atom. The molecule has 3 nitrogen and oxygen atoms in total. The second kappa shape index (κ2) is 7.56. The number of nitrogens with one attached hydrogen (secondary N) is 1. The van der Waals surface area contributed by atoms with Gasteiger partial charge in [0.1, 0.15) is 0 Å². The largest absolute Gasteiger partial charge is 0.396 e. The Bertz CT molecular complexity index is 418. The molecule has 0 atom stereocenters. The molecule has 1 amide bonds. The Balaban J connectivity index is 2.35. The number of amides is 1. The molecule has 0 unspecified atom stereocenters. The van der Waals surface area contributed by atoms with E-state index in [-0.39, 0.29) is 17.9 Å². The Morgan fingerprint density at radius 2 is 2.05 bits per heavy atom. The lowest BCUT2D eigenvalue weighted by Crippen LogP contribution is -2.35. The summed E-state index contributed by atoms with van der Waals surface area (Å²) in [5.74, 6) is 0.472. The first-order valence-corrected chi connectivity index (χ1v) is 7.49. The van der Waals surface area contributed by atoms with E-state index in [2.05, 4.69) is 5.32 Å². The van der Waals surface area contributed by atoms with Crippen LogP contribution in [-0.4, -0.2) is 29.9 Å². The highest BCUT2D eigenvalue weighted by Gasteiger charge is 2.18. The van der Waals surface area contributed by atoms with Gasteiger partial charge in [0.05, 0.1) is 5.75 Å². The van der Waals surface area contributed by atoms with E-state index in [1.807, 2.05) is 45.0 Å². The van der Waals surface area contributed by atoms with E-state index in [0.29, 0.717) is 18.7 Å². The molecule has 0 bridgehead atoms. The fraction of sp³-hybridized carbons (Fsp3) is 0.533. The van der Waals surface area contributed by atoms with Gasteiger partial charge in [0.2, 0.25) is 5.91 Å². The molecule has 0 saturated heterocycles. The highest BCUT2D eigenvalue weighted by Crippen LogP contribution is 2.22. The molecular weight excluding hydrogens is 258 g/mol. The van der Waals surface area contributed by atoms with Crippen LogP contribution in [0.2, 0.25) is 0 Å². The number of benzene rings is 1. The fourth-order valence-corrected chi connectivity index (χ4v) is 2.50. The SMILES string of the molecule is Cc1ccccc1SCC(=O)NCC(C)(C)CCO. The molecule has 0 radical (unpaired) electrons. The lowest BCUT2D eigenvalue weighted by Gasteiger charge is -2.23. The number of aliphatic hydroxyl groups excluding tert-OH is 1. The molecule has 0 aliphatic rings. The first-order chi connectivity index (χ1) is 8.94. The van der Waals surface area contributed by atoms with E-state index in [0.717, 1.165) is 4.90 Å². The first-order valence-electron chi connectivity index (χ1n) is 6.50. The Hall–Kier alpha value is -1.00. The van der Waals surface area contributed by atoms with Gasteiger partial charge in [0.15, 0.2) is 0 Å². The maximum atomic E-state index is 11.8. The Kier molecular flexibility index (Phi) is 6.38. The monoisotopic (exact) mass is 281 g/mol. The molecule has 106 valence electrons. The molecule has 0 aliphatic carbocycles. The normalized spacial score (nSPS) is 11.4. The molecule has 1 rings (SSSR count). The third-order valence-corrected chi connectivity index (χ3v) is 4.18. The van der Waals surface area contributed by atoms with Crippen LogP contribution >= 0.6 is 11.8 Å². The van der Waals surface area contributed by atoms with Crippen molar-refractivity contribution in [3.8, 4) is 0 Å². The maximum Gasteiger partial charge on any atom is 0.230 e. The van der Waals surface area contributed by atoms with Crippen LogP contribution in [0.25, 0.3) is 0 Å². The third kappa shape index (κ3) is 6.12. The van der Waals surface area contributed by atoms with Crippen molar-refractivity contribution in [2.45, 2.75) is 32.1 Å². The quantitative estimate of drug-likeness (QED) is 0.755. The zero-order chi connectivity index (χ0) is 14.3. The van der Waals surface area contributed by atoms with E-state index in [4.69, 9.17) is 5.11 Å². The Labute approximate surface area is 119 Å². The molecule has 0 saturated carbocycles. The van der Waals surface area contributed by atoms with Crippen LogP contribution in [0.3, 0.4) is 0 Å². The van der Waals surface area contributed by atoms with E-state index in [1.54, 1.807) is 11.8 Å². The summed E-state index contributed by atoms with van der Waals surface area (Å²) in [5, 5.41) is 11.9. The number of aliphatic hydroxyl groups is 1. The molecule has 1 aromatic rings. The second-order valence-corrected chi connectivity index (χ2v) is 6.49. The van der Waals surface area contributed by atoms with Gasteiger partial charge in [0, 0.05) is 18.0 Å². The number of thioether (sulfide) groups is 1. The number of hydrogen-bond acceptors (Lipinski definition) is 3. The van der Waals surface area contributed by atoms with Crippen molar-refractivity contribution in [2.24, 2.45) is 5.41 Å². The molecule has 4 heteroatoms. The van der Waals surface area contributed by atoms with Crippen LogP contribution in [0.4, 0.5) is 0 Å². The summed E-state index contributed by atoms with van der Waals surface area (Å²) >= 11 is 1.56. The predicted octanol–water partition coefficient (Wildman–Crippen LogP) is 2.61. The lowest BCUT2D eigenvalue weighted by molar-refractivity contribution is -0.119.